The Labute approximate surface area is 180 Å². The second kappa shape index (κ2) is 10.5. The Hall–Kier alpha value is -3.52. The summed E-state index contributed by atoms with van der Waals surface area (Å²) >= 11 is 0. The average molecular weight is 424 g/mol. The van der Waals surface area contributed by atoms with E-state index < -0.39 is 11.7 Å². The SMILES string of the molecule is CCOCCCNC(=O)c1cccc(NC(=O)c2cnn(-c3ccccc3F)c2C)c1. The lowest BCUT2D eigenvalue weighted by Crippen LogP contribution is -2.25. The van der Waals surface area contributed by atoms with Gasteiger partial charge in [-0.3, -0.25) is 9.59 Å². The third kappa shape index (κ3) is 5.55. The monoisotopic (exact) mass is 424 g/mol. The van der Waals surface area contributed by atoms with Crippen molar-refractivity contribution >= 4 is 17.5 Å². The van der Waals surface area contributed by atoms with Crippen molar-refractivity contribution in [3.8, 4) is 5.69 Å². The zero-order chi connectivity index (χ0) is 22.2. The van der Waals surface area contributed by atoms with Gasteiger partial charge in [0.25, 0.3) is 11.8 Å². The van der Waals surface area contributed by atoms with E-state index in [1.165, 1.54) is 16.9 Å². The van der Waals surface area contributed by atoms with Gasteiger partial charge in [-0.25, -0.2) is 9.07 Å². The van der Waals surface area contributed by atoms with Gasteiger partial charge in [0.2, 0.25) is 0 Å². The van der Waals surface area contributed by atoms with Crippen LogP contribution in [0.3, 0.4) is 0 Å². The van der Waals surface area contributed by atoms with E-state index in [0.29, 0.717) is 42.3 Å². The number of anilines is 1. The number of rotatable bonds is 9. The number of halogens is 1. The molecule has 0 atom stereocenters. The van der Waals surface area contributed by atoms with E-state index in [9.17, 15) is 14.0 Å². The van der Waals surface area contributed by atoms with Crippen LogP contribution >= 0.6 is 0 Å². The van der Waals surface area contributed by atoms with Gasteiger partial charge in [0.15, 0.2) is 0 Å². The topological polar surface area (TPSA) is 85.2 Å². The van der Waals surface area contributed by atoms with Crippen LogP contribution < -0.4 is 10.6 Å². The molecule has 3 rings (SSSR count). The molecular formula is C23H25FN4O3. The van der Waals surface area contributed by atoms with Crippen molar-refractivity contribution in [1.82, 2.24) is 15.1 Å². The van der Waals surface area contributed by atoms with Gasteiger partial charge in [0.05, 0.1) is 17.5 Å². The molecule has 0 aliphatic rings. The van der Waals surface area contributed by atoms with Gasteiger partial charge in [-0.2, -0.15) is 5.10 Å². The zero-order valence-corrected chi connectivity index (χ0v) is 17.5. The van der Waals surface area contributed by atoms with Crippen LogP contribution in [0.25, 0.3) is 5.69 Å². The zero-order valence-electron chi connectivity index (χ0n) is 17.5. The molecule has 0 spiro atoms. The number of hydrogen-bond donors (Lipinski definition) is 2. The summed E-state index contributed by atoms with van der Waals surface area (Å²) in [5.74, 6) is -1.05. The van der Waals surface area contributed by atoms with E-state index in [2.05, 4.69) is 15.7 Å². The molecular weight excluding hydrogens is 399 g/mol. The van der Waals surface area contributed by atoms with Gasteiger partial charge in [-0.1, -0.05) is 18.2 Å². The number of para-hydroxylation sites is 1. The highest BCUT2D eigenvalue weighted by Crippen LogP contribution is 2.19. The average Bonchev–Trinajstić information content (AvgIpc) is 3.15. The van der Waals surface area contributed by atoms with Gasteiger partial charge < -0.3 is 15.4 Å². The molecule has 1 heterocycles. The van der Waals surface area contributed by atoms with Crippen LogP contribution in [-0.2, 0) is 4.74 Å². The predicted molar refractivity (Wildman–Crippen MR) is 116 cm³/mol. The first-order valence-electron chi connectivity index (χ1n) is 10.1. The van der Waals surface area contributed by atoms with Crippen LogP contribution in [0.4, 0.5) is 10.1 Å². The fourth-order valence-electron chi connectivity index (χ4n) is 3.06. The standard InChI is InChI=1S/C23H25FN4O3/c1-3-31-13-7-12-25-22(29)17-8-6-9-18(14-17)27-23(30)19-15-26-28(16(19)2)21-11-5-4-10-20(21)24/h4-6,8-11,14-15H,3,7,12-13H2,1-2H3,(H,25,29)(H,27,30). The van der Waals surface area contributed by atoms with E-state index in [1.54, 1.807) is 49.4 Å². The van der Waals surface area contributed by atoms with Crippen LogP contribution in [0.2, 0.25) is 0 Å². The van der Waals surface area contributed by atoms with Gasteiger partial charge >= 0.3 is 0 Å². The van der Waals surface area contributed by atoms with Crippen molar-refractivity contribution in [3.63, 3.8) is 0 Å². The molecule has 3 aromatic rings. The fraction of sp³-hybridized carbons (Fsp3) is 0.261. The van der Waals surface area contributed by atoms with Gasteiger partial charge in [0.1, 0.15) is 11.5 Å². The lowest BCUT2D eigenvalue weighted by molar-refractivity contribution is 0.0943. The smallest absolute Gasteiger partial charge is 0.259 e. The summed E-state index contributed by atoms with van der Waals surface area (Å²) in [5, 5.41) is 9.75. The van der Waals surface area contributed by atoms with Crippen molar-refractivity contribution in [1.29, 1.82) is 0 Å². The van der Waals surface area contributed by atoms with Crippen LogP contribution in [0.15, 0.2) is 54.7 Å². The Morgan fingerprint density at radius 1 is 1.13 bits per heavy atom. The Bertz CT molecular complexity index is 1060. The highest BCUT2D eigenvalue weighted by Gasteiger charge is 2.17. The maximum absolute atomic E-state index is 14.1. The van der Waals surface area contributed by atoms with Crippen molar-refractivity contribution in [3.05, 3.63) is 77.4 Å². The molecule has 162 valence electrons. The van der Waals surface area contributed by atoms with E-state index in [-0.39, 0.29) is 11.6 Å². The summed E-state index contributed by atoms with van der Waals surface area (Å²) in [6.45, 7) is 5.36. The highest BCUT2D eigenvalue weighted by atomic mass is 19.1. The molecule has 2 aromatic carbocycles. The summed E-state index contributed by atoms with van der Waals surface area (Å²) in [7, 11) is 0. The van der Waals surface area contributed by atoms with Crippen LogP contribution in [0.5, 0.6) is 0 Å². The van der Waals surface area contributed by atoms with Crippen molar-refractivity contribution in [2.45, 2.75) is 20.3 Å². The molecule has 2 N–H and O–H groups in total. The summed E-state index contributed by atoms with van der Waals surface area (Å²) in [6, 6.07) is 12.9. The lowest BCUT2D eigenvalue weighted by Gasteiger charge is -2.09. The Morgan fingerprint density at radius 2 is 1.94 bits per heavy atom. The lowest BCUT2D eigenvalue weighted by atomic mass is 10.1. The van der Waals surface area contributed by atoms with Gasteiger partial charge in [-0.15, -0.1) is 0 Å². The summed E-state index contributed by atoms with van der Waals surface area (Å²) in [4.78, 5) is 25.1. The number of aromatic nitrogens is 2. The Kier molecular flexibility index (Phi) is 7.50. The van der Waals surface area contributed by atoms with Crippen LogP contribution in [-0.4, -0.2) is 41.4 Å². The minimum Gasteiger partial charge on any atom is -0.382 e. The first kappa shape index (κ1) is 22.2. The largest absolute Gasteiger partial charge is 0.382 e. The quantitative estimate of drug-likeness (QED) is 0.513. The number of nitrogens with one attached hydrogen (secondary N) is 2. The Morgan fingerprint density at radius 3 is 2.71 bits per heavy atom. The molecule has 0 aliphatic carbocycles. The van der Waals surface area contributed by atoms with Gasteiger partial charge in [-0.05, 0) is 50.6 Å². The molecule has 0 fully saturated rings. The number of hydrogen-bond acceptors (Lipinski definition) is 4. The summed E-state index contributed by atoms with van der Waals surface area (Å²) < 4.78 is 20.7. The molecule has 8 heteroatoms. The molecule has 0 saturated carbocycles. The van der Waals surface area contributed by atoms with Crippen molar-refractivity contribution < 1.29 is 18.7 Å². The second-order valence-electron chi connectivity index (χ2n) is 6.85. The molecule has 0 unspecified atom stereocenters. The minimum absolute atomic E-state index is 0.226. The normalized spacial score (nSPS) is 10.7. The maximum Gasteiger partial charge on any atom is 0.259 e. The molecule has 0 bridgehead atoms. The third-order valence-electron chi connectivity index (χ3n) is 4.67. The first-order valence-corrected chi connectivity index (χ1v) is 10.1. The first-order chi connectivity index (χ1) is 15.0. The molecule has 0 saturated heterocycles. The third-order valence-corrected chi connectivity index (χ3v) is 4.67. The predicted octanol–water partition coefficient (Wildman–Crippen LogP) is 3.73. The molecule has 0 radical (unpaired) electrons. The summed E-state index contributed by atoms with van der Waals surface area (Å²) in [6.07, 6.45) is 2.12. The number of benzene rings is 2. The van der Waals surface area contributed by atoms with Crippen LogP contribution in [0.1, 0.15) is 39.8 Å². The number of ether oxygens (including phenoxy) is 1. The minimum atomic E-state index is -0.430. The molecule has 0 aliphatic heterocycles. The van der Waals surface area contributed by atoms with Crippen molar-refractivity contribution in [2.24, 2.45) is 0 Å². The van der Waals surface area contributed by atoms with E-state index in [0.717, 1.165) is 6.42 Å². The maximum atomic E-state index is 14.1. The molecule has 7 nitrogen and oxygen atoms in total. The molecule has 2 amide bonds. The highest BCUT2D eigenvalue weighted by molar-refractivity contribution is 6.05. The van der Waals surface area contributed by atoms with E-state index in [4.69, 9.17) is 4.74 Å². The fourth-order valence-corrected chi connectivity index (χ4v) is 3.06. The number of carbonyl (C=O) groups is 2. The molecule has 1 aromatic heterocycles. The van der Waals surface area contributed by atoms with E-state index in [1.807, 2.05) is 6.92 Å². The number of nitrogens with zero attached hydrogens (tertiary/aromatic N) is 2. The number of carbonyl (C=O) groups excluding carboxylic acids is 2. The summed E-state index contributed by atoms with van der Waals surface area (Å²) in [5.41, 5.74) is 2.00. The second-order valence-corrected chi connectivity index (χ2v) is 6.85. The molecule has 31 heavy (non-hydrogen) atoms. The van der Waals surface area contributed by atoms with Gasteiger partial charge in [0, 0.05) is 31.0 Å². The van der Waals surface area contributed by atoms with E-state index >= 15 is 0 Å². The number of amides is 2. The van der Waals surface area contributed by atoms with Crippen LogP contribution in [0, 0.1) is 12.7 Å². The van der Waals surface area contributed by atoms with Crippen molar-refractivity contribution in [2.75, 3.05) is 25.1 Å². The Balaban J connectivity index is 1.67.